The van der Waals surface area contributed by atoms with Gasteiger partial charge in [-0.15, -0.1) is 0 Å². The first kappa shape index (κ1) is 12.1. The summed E-state index contributed by atoms with van der Waals surface area (Å²) in [6, 6.07) is 0. The van der Waals surface area contributed by atoms with Gasteiger partial charge in [0.05, 0.1) is 0 Å². The molecule has 0 heterocycles. The molecule has 0 aromatic carbocycles. The lowest BCUT2D eigenvalue weighted by atomic mass is 10.3. The molecule has 0 rings (SSSR count). The quantitative estimate of drug-likeness (QED) is 0.454. The summed E-state index contributed by atoms with van der Waals surface area (Å²) >= 11 is 0. The third kappa shape index (κ3) is 6.79. The van der Waals surface area contributed by atoms with Crippen LogP contribution in [0.3, 0.4) is 0 Å². The van der Waals surface area contributed by atoms with Crippen LogP contribution in [-0.2, 0) is 13.6 Å². The van der Waals surface area contributed by atoms with Gasteiger partial charge in [-0.05, 0) is 25.9 Å². The summed E-state index contributed by atoms with van der Waals surface area (Å²) in [5.74, 6) is 0. The summed E-state index contributed by atoms with van der Waals surface area (Å²) < 4.78 is 15.7. The zero-order valence-electron chi connectivity index (χ0n) is 8.55. The highest BCUT2D eigenvalue weighted by molar-refractivity contribution is 6.64. The molecule has 0 radical (unpaired) electrons. The van der Waals surface area contributed by atoms with Crippen LogP contribution >= 0.6 is 0 Å². The fourth-order valence-corrected chi connectivity index (χ4v) is 1.48. The van der Waals surface area contributed by atoms with Crippen LogP contribution in [0.4, 0.5) is 0 Å². The van der Waals surface area contributed by atoms with Crippen LogP contribution in [0, 0.1) is 0 Å². The Bertz CT molecular complexity index is 106. The standard InChI is InChI=1S/C8H20O3Si/c1-9-7-5-6-8-11-12(3,4)10-2/h5-8H2,1-4H3. The second kappa shape index (κ2) is 6.60. The lowest BCUT2D eigenvalue weighted by Crippen LogP contribution is -2.33. The molecule has 0 aliphatic carbocycles. The van der Waals surface area contributed by atoms with E-state index in [-0.39, 0.29) is 0 Å². The van der Waals surface area contributed by atoms with Crippen LogP contribution in [0.25, 0.3) is 0 Å². The minimum Gasteiger partial charge on any atom is -0.398 e. The maximum absolute atomic E-state index is 5.59. The Kier molecular flexibility index (Phi) is 6.65. The number of hydrogen-bond acceptors (Lipinski definition) is 3. The van der Waals surface area contributed by atoms with Crippen molar-refractivity contribution in [3.63, 3.8) is 0 Å². The lowest BCUT2D eigenvalue weighted by molar-refractivity contribution is 0.170. The number of unbranched alkanes of at least 4 members (excludes halogenated alkanes) is 1. The summed E-state index contributed by atoms with van der Waals surface area (Å²) in [4.78, 5) is 0. The van der Waals surface area contributed by atoms with Gasteiger partial charge >= 0.3 is 8.56 Å². The van der Waals surface area contributed by atoms with Gasteiger partial charge in [0.25, 0.3) is 0 Å². The van der Waals surface area contributed by atoms with E-state index in [1.807, 2.05) is 13.1 Å². The minimum absolute atomic E-state index is 0.788. The predicted octanol–water partition coefficient (Wildman–Crippen LogP) is 1.78. The third-order valence-electron chi connectivity index (χ3n) is 1.68. The Labute approximate surface area is 76.3 Å². The van der Waals surface area contributed by atoms with Gasteiger partial charge in [-0.3, -0.25) is 0 Å². The Morgan fingerprint density at radius 1 is 1.00 bits per heavy atom. The molecule has 74 valence electrons. The van der Waals surface area contributed by atoms with Crippen molar-refractivity contribution in [2.45, 2.75) is 25.9 Å². The molecule has 0 atom stereocenters. The highest BCUT2D eigenvalue weighted by Crippen LogP contribution is 2.05. The van der Waals surface area contributed by atoms with E-state index >= 15 is 0 Å². The van der Waals surface area contributed by atoms with Crippen molar-refractivity contribution in [3.05, 3.63) is 0 Å². The van der Waals surface area contributed by atoms with Crippen molar-refractivity contribution in [2.24, 2.45) is 0 Å². The van der Waals surface area contributed by atoms with Crippen LogP contribution in [0.15, 0.2) is 0 Å². The molecule has 0 saturated heterocycles. The molecule has 0 bridgehead atoms. The van der Waals surface area contributed by atoms with E-state index in [0.29, 0.717) is 0 Å². The molecule has 0 saturated carbocycles. The third-order valence-corrected chi connectivity index (χ3v) is 3.57. The molecular formula is C8H20O3Si. The van der Waals surface area contributed by atoms with Gasteiger partial charge in [-0.2, -0.15) is 0 Å². The van der Waals surface area contributed by atoms with E-state index in [1.54, 1.807) is 14.2 Å². The monoisotopic (exact) mass is 192 g/mol. The molecule has 0 spiro atoms. The molecule has 0 aromatic heterocycles. The van der Waals surface area contributed by atoms with Gasteiger partial charge in [0, 0.05) is 27.4 Å². The molecule has 0 unspecified atom stereocenters. The molecule has 0 aromatic rings. The summed E-state index contributed by atoms with van der Waals surface area (Å²) in [5.41, 5.74) is 0. The average Bonchev–Trinajstić information content (AvgIpc) is 2.04. The zero-order chi connectivity index (χ0) is 9.45. The second-order valence-electron chi connectivity index (χ2n) is 3.15. The first-order valence-electron chi connectivity index (χ1n) is 4.30. The fourth-order valence-electron chi connectivity index (χ4n) is 0.725. The molecule has 0 aliphatic rings. The van der Waals surface area contributed by atoms with Crippen molar-refractivity contribution in [2.75, 3.05) is 27.4 Å². The van der Waals surface area contributed by atoms with Gasteiger partial charge in [-0.25, -0.2) is 0 Å². The smallest absolute Gasteiger partial charge is 0.331 e. The molecule has 3 nitrogen and oxygen atoms in total. The summed E-state index contributed by atoms with van der Waals surface area (Å²) in [6.07, 6.45) is 2.11. The maximum atomic E-state index is 5.59. The van der Waals surface area contributed by atoms with Gasteiger partial charge in [0.1, 0.15) is 0 Å². The maximum Gasteiger partial charge on any atom is 0.331 e. The average molecular weight is 192 g/mol. The topological polar surface area (TPSA) is 27.7 Å². The van der Waals surface area contributed by atoms with Crippen LogP contribution in [-0.4, -0.2) is 36.0 Å². The molecule has 0 aliphatic heterocycles. The van der Waals surface area contributed by atoms with Crippen molar-refractivity contribution in [1.29, 1.82) is 0 Å². The van der Waals surface area contributed by atoms with E-state index in [2.05, 4.69) is 0 Å². The highest BCUT2D eigenvalue weighted by Gasteiger charge is 2.21. The van der Waals surface area contributed by atoms with Gasteiger partial charge < -0.3 is 13.6 Å². The summed E-state index contributed by atoms with van der Waals surface area (Å²) in [7, 11) is 1.65. The number of methoxy groups -OCH3 is 1. The van der Waals surface area contributed by atoms with Crippen molar-refractivity contribution in [1.82, 2.24) is 0 Å². The Morgan fingerprint density at radius 3 is 2.08 bits per heavy atom. The predicted molar refractivity (Wildman–Crippen MR) is 51.6 cm³/mol. The Hall–Kier alpha value is 0.0969. The Balaban J connectivity index is 3.19. The molecule has 0 amide bonds. The SMILES string of the molecule is COCCCCO[Si](C)(C)OC. The highest BCUT2D eigenvalue weighted by atomic mass is 28.4. The van der Waals surface area contributed by atoms with Crippen LogP contribution in [0.2, 0.25) is 13.1 Å². The van der Waals surface area contributed by atoms with Crippen molar-refractivity contribution >= 4 is 8.56 Å². The molecular weight excluding hydrogens is 172 g/mol. The van der Waals surface area contributed by atoms with Crippen LogP contribution in [0.5, 0.6) is 0 Å². The minimum atomic E-state index is -1.78. The summed E-state index contributed by atoms with van der Waals surface area (Å²) in [5, 5.41) is 0. The first-order chi connectivity index (χ1) is 5.62. The first-order valence-corrected chi connectivity index (χ1v) is 7.12. The zero-order valence-corrected chi connectivity index (χ0v) is 9.55. The van der Waals surface area contributed by atoms with E-state index in [1.165, 1.54) is 0 Å². The number of rotatable bonds is 7. The summed E-state index contributed by atoms with van der Waals surface area (Å²) in [6.45, 7) is 5.70. The Morgan fingerprint density at radius 2 is 1.58 bits per heavy atom. The van der Waals surface area contributed by atoms with Gasteiger partial charge in [0.15, 0.2) is 0 Å². The van der Waals surface area contributed by atoms with Gasteiger partial charge in [-0.1, -0.05) is 0 Å². The van der Waals surface area contributed by atoms with Crippen LogP contribution in [0.1, 0.15) is 12.8 Å². The van der Waals surface area contributed by atoms with Gasteiger partial charge in [0.2, 0.25) is 0 Å². The van der Waals surface area contributed by atoms with Crippen molar-refractivity contribution in [3.8, 4) is 0 Å². The van der Waals surface area contributed by atoms with Crippen LogP contribution < -0.4 is 0 Å². The van der Waals surface area contributed by atoms with Crippen molar-refractivity contribution < 1.29 is 13.6 Å². The van der Waals surface area contributed by atoms with E-state index < -0.39 is 8.56 Å². The molecule has 0 fully saturated rings. The lowest BCUT2D eigenvalue weighted by Gasteiger charge is -2.19. The van der Waals surface area contributed by atoms with E-state index in [4.69, 9.17) is 13.6 Å². The van der Waals surface area contributed by atoms with E-state index in [9.17, 15) is 0 Å². The normalized spacial score (nSPS) is 12.0. The fraction of sp³-hybridized carbons (Fsp3) is 1.00. The molecule has 4 heteroatoms. The molecule has 12 heavy (non-hydrogen) atoms. The molecule has 0 N–H and O–H groups in total. The second-order valence-corrected chi connectivity index (χ2v) is 6.65. The largest absolute Gasteiger partial charge is 0.398 e. The number of ether oxygens (including phenoxy) is 1. The number of hydrogen-bond donors (Lipinski definition) is 0. The van der Waals surface area contributed by atoms with E-state index in [0.717, 1.165) is 26.1 Å².